The summed E-state index contributed by atoms with van der Waals surface area (Å²) in [7, 11) is 0. The number of carboxylic acids is 1. The highest BCUT2D eigenvalue weighted by Crippen LogP contribution is 2.44. The summed E-state index contributed by atoms with van der Waals surface area (Å²) in [6, 6.07) is 20.0. The van der Waals surface area contributed by atoms with Crippen molar-refractivity contribution >= 4 is 18.0 Å². The number of nitrogens with zero attached hydrogens (tertiary/aromatic N) is 2. The van der Waals surface area contributed by atoms with Gasteiger partial charge in [0.25, 0.3) is 0 Å². The summed E-state index contributed by atoms with van der Waals surface area (Å²) in [5, 5.41) is 11.8. The highest BCUT2D eigenvalue weighted by atomic mass is 16.5. The van der Waals surface area contributed by atoms with E-state index in [0.717, 1.165) is 22.3 Å². The number of benzene rings is 2. The van der Waals surface area contributed by atoms with Crippen LogP contribution in [0.15, 0.2) is 72.9 Å². The van der Waals surface area contributed by atoms with Crippen molar-refractivity contribution in [3.63, 3.8) is 0 Å². The minimum Gasteiger partial charge on any atom is -0.481 e. The largest absolute Gasteiger partial charge is 0.481 e. The molecule has 3 aromatic rings. The number of hydrogen-bond donors (Lipinski definition) is 2. The van der Waals surface area contributed by atoms with E-state index < -0.39 is 30.4 Å². The molecule has 1 heterocycles. The molecule has 1 aliphatic carbocycles. The molecule has 0 saturated carbocycles. The van der Waals surface area contributed by atoms with Gasteiger partial charge in [-0.25, -0.2) is 4.79 Å². The Labute approximate surface area is 203 Å². The monoisotopic (exact) mass is 473 g/mol. The van der Waals surface area contributed by atoms with Gasteiger partial charge >= 0.3 is 12.1 Å². The summed E-state index contributed by atoms with van der Waals surface area (Å²) in [6.07, 6.45) is 0.236. The van der Waals surface area contributed by atoms with Crippen molar-refractivity contribution in [3.05, 3.63) is 89.7 Å². The molecule has 0 radical (unpaired) electrons. The Kier molecular flexibility index (Phi) is 7.40. The van der Waals surface area contributed by atoms with Crippen LogP contribution in [0.1, 0.15) is 36.1 Å². The van der Waals surface area contributed by atoms with E-state index in [9.17, 15) is 19.5 Å². The number of aromatic nitrogens is 1. The van der Waals surface area contributed by atoms with Crippen molar-refractivity contribution in [3.8, 4) is 11.1 Å². The van der Waals surface area contributed by atoms with Crippen molar-refractivity contribution in [2.45, 2.75) is 31.8 Å². The van der Waals surface area contributed by atoms with Crippen molar-refractivity contribution in [2.75, 3.05) is 13.2 Å². The number of rotatable bonds is 9. The van der Waals surface area contributed by atoms with E-state index in [0.29, 0.717) is 12.2 Å². The Balaban J connectivity index is 1.43. The number of aliphatic carboxylic acids is 1. The van der Waals surface area contributed by atoms with E-state index in [1.54, 1.807) is 25.3 Å². The average molecular weight is 474 g/mol. The molecule has 2 amide bonds. The minimum atomic E-state index is -1.26. The normalized spacial score (nSPS) is 12.8. The minimum absolute atomic E-state index is 0.0687. The third kappa shape index (κ3) is 5.48. The van der Waals surface area contributed by atoms with E-state index in [-0.39, 0.29) is 19.1 Å². The van der Waals surface area contributed by atoms with Crippen LogP contribution < -0.4 is 5.32 Å². The van der Waals surface area contributed by atoms with Crippen LogP contribution in [-0.4, -0.2) is 52.2 Å². The first-order chi connectivity index (χ1) is 17.0. The molecule has 0 saturated heterocycles. The average Bonchev–Trinajstić information content (AvgIpc) is 3.19. The fourth-order valence-corrected chi connectivity index (χ4v) is 4.41. The van der Waals surface area contributed by atoms with Gasteiger partial charge in [-0.3, -0.25) is 14.6 Å². The molecule has 180 valence electrons. The molecule has 2 aromatic carbocycles. The van der Waals surface area contributed by atoms with Gasteiger partial charge in [-0.2, -0.15) is 0 Å². The molecule has 0 bridgehead atoms. The standard InChI is InChI=1S/C27H27N3O5/c1-2-30(16-18-9-7-8-14-28-18)26(33)24(15-25(31)32)29-27(34)35-17-23-21-12-5-3-10-19(21)20-11-4-6-13-22(20)23/h3-14,23-24H,2,15-17H2,1H3,(H,29,34)(H,31,32). The molecule has 1 unspecified atom stereocenters. The second-order valence-electron chi connectivity index (χ2n) is 8.29. The third-order valence-corrected chi connectivity index (χ3v) is 6.08. The molecule has 1 aromatic heterocycles. The number of hydrogen-bond acceptors (Lipinski definition) is 5. The Bertz CT molecular complexity index is 1170. The van der Waals surface area contributed by atoms with Crippen molar-refractivity contribution in [1.29, 1.82) is 0 Å². The van der Waals surface area contributed by atoms with Gasteiger partial charge in [-0.15, -0.1) is 0 Å². The molecule has 0 fully saturated rings. The Morgan fingerprint density at radius 2 is 1.63 bits per heavy atom. The van der Waals surface area contributed by atoms with E-state index in [2.05, 4.69) is 10.3 Å². The van der Waals surface area contributed by atoms with Crippen LogP contribution in [-0.2, 0) is 20.9 Å². The van der Waals surface area contributed by atoms with Crippen molar-refractivity contribution in [1.82, 2.24) is 15.2 Å². The molecule has 8 heteroatoms. The summed E-state index contributed by atoms with van der Waals surface area (Å²) < 4.78 is 5.51. The van der Waals surface area contributed by atoms with Crippen LogP contribution >= 0.6 is 0 Å². The number of likely N-dealkylation sites (N-methyl/N-ethyl adjacent to an activating group) is 1. The van der Waals surface area contributed by atoms with Gasteiger partial charge in [0.15, 0.2) is 0 Å². The second-order valence-corrected chi connectivity index (χ2v) is 8.29. The number of pyridine rings is 1. The van der Waals surface area contributed by atoms with E-state index in [1.165, 1.54) is 4.90 Å². The van der Waals surface area contributed by atoms with E-state index in [4.69, 9.17) is 4.74 Å². The highest BCUT2D eigenvalue weighted by molar-refractivity contribution is 5.89. The first-order valence-electron chi connectivity index (χ1n) is 11.5. The van der Waals surface area contributed by atoms with Gasteiger partial charge in [-0.1, -0.05) is 54.6 Å². The maximum atomic E-state index is 13.1. The summed E-state index contributed by atoms with van der Waals surface area (Å²) in [4.78, 5) is 42.9. The van der Waals surface area contributed by atoms with Crippen LogP contribution in [0.2, 0.25) is 0 Å². The summed E-state index contributed by atoms with van der Waals surface area (Å²) >= 11 is 0. The van der Waals surface area contributed by atoms with Crippen LogP contribution in [0.4, 0.5) is 4.79 Å². The molecular weight excluding hydrogens is 446 g/mol. The number of nitrogens with one attached hydrogen (secondary N) is 1. The van der Waals surface area contributed by atoms with E-state index >= 15 is 0 Å². The summed E-state index contributed by atoms with van der Waals surface area (Å²) in [5.41, 5.74) is 4.99. The number of alkyl carbamates (subject to hydrolysis) is 1. The smallest absolute Gasteiger partial charge is 0.407 e. The fourth-order valence-electron chi connectivity index (χ4n) is 4.41. The fraction of sp³-hybridized carbons (Fsp3) is 0.259. The second kappa shape index (κ2) is 10.8. The molecule has 0 spiro atoms. The zero-order valence-electron chi connectivity index (χ0n) is 19.4. The van der Waals surface area contributed by atoms with Crippen molar-refractivity contribution < 1.29 is 24.2 Å². The van der Waals surface area contributed by atoms with Crippen LogP contribution in [0.3, 0.4) is 0 Å². The van der Waals surface area contributed by atoms with Crippen LogP contribution in [0.5, 0.6) is 0 Å². The van der Waals surface area contributed by atoms with Crippen LogP contribution in [0, 0.1) is 0 Å². The quantitative estimate of drug-likeness (QED) is 0.489. The lowest BCUT2D eigenvalue weighted by Crippen LogP contribution is -2.49. The number of fused-ring (bicyclic) bond motifs is 3. The summed E-state index contributed by atoms with van der Waals surface area (Å²) in [6.45, 7) is 2.39. The maximum Gasteiger partial charge on any atom is 0.407 e. The molecule has 1 aliphatic rings. The SMILES string of the molecule is CCN(Cc1ccccn1)C(=O)C(CC(=O)O)NC(=O)OCC1c2ccccc2-c2ccccc21. The molecular formula is C27H27N3O5. The number of carbonyl (C=O) groups is 3. The Hall–Kier alpha value is -4.20. The zero-order valence-corrected chi connectivity index (χ0v) is 19.4. The van der Waals surface area contributed by atoms with Gasteiger partial charge in [-0.05, 0) is 41.3 Å². The predicted molar refractivity (Wildman–Crippen MR) is 130 cm³/mol. The highest BCUT2D eigenvalue weighted by Gasteiger charge is 2.31. The third-order valence-electron chi connectivity index (χ3n) is 6.08. The summed E-state index contributed by atoms with van der Waals surface area (Å²) in [5.74, 6) is -1.84. The molecule has 8 nitrogen and oxygen atoms in total. The zero-order chi connectivity index (χ0) is 24.8. The van der Waals surface area contributed by atoms with Gasteiger partial charge in [0.05, 0.1) is 18.7 Å². The first kappa shape index (κ1) is 23.9. The lowest BCUT2D eigenvalue weighted by Gasteiger charge is -2.26. The number of carboxylic acid groups (broad SMARTS) is 1. The number of amides is 2. The number of ether oxygens (including phenoxy) is 1. The van der Waals surface area contributed by atoms with Gasteiger partial charge in [0.2, 0.25) is 5.91 Å². The predicted octanol–water partition coefficient (Wildman–Crippen LogP) is 3.81. The molecule has 35 heavy (non-hydrogen) atoms. The van der Waals surface area contributed by atoms with Gasteiger partial charge in [0.1, 0.15) is 12.6 Å². The Morgan fingerprint density at radius 3 is 2.20 bits per heavy atom. The topological polar surface area (TPSA) is 109 Å². The van der Waals surface area contributed by atoms with Gasteiger partial charge in [0, 0.05) is 18.7 Å². The lowest BCUT2D eigenvalue weighted by atomic mass is 9.98. The first-order valence-corrected chi connectivity index (χ1v) is 11.5. The lowest BCUT2D eigenvalue weighted by molar-refractivity contribution is -0.142. The molecule has 2 N–H and O–H groups in total. The van der Waals surface area contributed by atoms with Gasteiger partial charge < -0.3 is 20.1 Å². The van der Waals surface area contributed by atoms with Crippen molar-refractivity contribution in [2.24, 2.45) is 0 Å². The van der Waals surface area contributed by atoms with E-state index in [1.807, 2.05) is 54.6 Å². The maximum absolute atomic E-state index is 13.1. The molecule has 4 rings (SSSR count). The van der Waals surface area contributed by atoms with Crippen LogP contribution in [0.25, 0.3) is 11.1 Å². The Morgan fingerprint density at radius 1 is 1.00 bits per heavy atom. The number of carbonyl (C=O) groups excluding carboxylic acids is 2. The molecule has 0 aliphatic heterocycles. The molecule has 1 atom stereocenters.